The molecule has 0 saturated carbocycles. The Morgan fingerprint density at radius 3 is 2.75 bits per heavy atom. The molecular weight excluding hydrogens is 223 g/mol. The number of nitrogens with one attached hydrogen (secondary N) is 1. The minimum absolute atomic E-state index is 0.00222. The first-order valence-electron chi connectivity index (χ1n) is 5.36. The van der Waals surface area contributed by atoms with Crippen molar-refractivity contribution in [3.05, 3.63) is 35.1 Å². The highest BCUT2D eigenvalue weighted by molar-refractivity contribution is 7.80. The van der Waals surface area contributed by atoms with Crippen molar-refractivity contribution in [3.63, 3.8) is 0 Å². The van der Waals surface area contributed by atoms with Gasteiger partial charge in [-0.1, -0.05) is 25.5 Å². The molecule has 1 aromatic carbocycles. The SMILES string of the molecule is CCCC(NC(N)=S)c1ccc(C)c(F)c1. The van der Waals surface area contributed by atoms with Crippen molar-refractivity contribution >= 4 is 17.3 Å². The molecule has 16 heavy (non-hydrogen) atoms. The lowest BCUT2D eigenvalue weighted by molar-refractivity contribution is 0.568. The summed E-state index contributed by atoms with van der Waals surface area (Å²) in [6, 6.07) is 5.22. The van der Waals surface area contributed by atoms with E-state index in [9.17, 15) is 4.39 Å². The van der Waals surface area contributed by atoms with Gasteiger partial charge in [-0.25, -0.2) is 4.39 Å². The number of rotatable bonds is 4. The van der Waals surface area contributed by atoms with Gasteiger partial charge in [0, 0.05) is 0 Å². The highest BCUT2D eigenvalue weighted by Crippen LogP contribution is 2.20. The number of hydrogen-bond donors (Lipinski definition) is 2. The Balaban J connectivity index is 2.91. The number of halogens is 1. The molecule has 1 unspecified atom stereocenters. The fraction of sp³-hybridized carbons (Fsp3) is 0.417. The van der Waals surface area contributed by atoms with E-state index >= 15 is 0 Å². The van der Waals surface area contributed by atoms with Gasteiger partial charge >= 0.3 is 0 Å². The Kier molecular flexibility index (Phi) is 4.68. The molecule has 2 nitrogen and oxygen atoms in total. The molecule has 0 aliphatic rings. The van der Waals surface area contributed by atoms with Gasteiger partial charge < -0.3 is 11.1 Å². The predicted octanol–water partition coefficient (Wildman–Crippen LogP) is 2.81. The third-order valence-corrected chi connectivity index (χ3v) is 2.61. The molecule has 0 fully saturated rings. The van der Waals surface area contributed by atoms with Crippen molar-refractivity contribution in [2.75, 3.05) is 0 Å². The summed E-state index contributed by atoms with van der Waals surface area (Å²) in [7, 11) is 0. The summed E-state index contributed by atoms with van der Waals surface area (Å²) in [5, 5.41) is 3.24. The molecular formula is C12H17FN2S. The van der Waals surface area contributed by atoms with Gasteiger partial charge in [0.15, 0.2) is 5.11 Å². The molecule has 0 aliphatic carbocycles. The Bertz CT molecular complexity index is 379. The molecule has 0 heterocycles. The van der Waals surface area contributed by atoms with Crippen LogP contribution in [0.15, 0.2) is 18.2 Å². The Morgan fingerprint density at radius 1 is 1.56 bits per heavy atom. The van der Waals surface area contributed by atoms with Gasteiger partial charge in [-0.05, 0) is 42.8 Å². The van der Waals surface area contributed by atoms with Gasteiger partial charge in [-0.3, -0.25) is 0 Å². The van der Waals surface area contributed by atoms with Gasteiger partial charge in [-0.2, -0.15) is 0 Å². The second kappa shape index (κ2) is 5.80. The van der Waals surface area contributed by atoms with Crippen LogP contribution >= 0.6 is 12.2 Å². The summed E-state index contributed by atoms with van der Waals surface area (Å²) < 4.78 is 13.4. The van der Waals surface area contributed by atoms with Crippen LogP contribution in [0.3, 0.4) is 0 Å². The highest BCUT2D eigenvalue weighted by atomic mass is 32.1. The van der Waals surface area contributed by atoms with Crippen LogP contribution in [-0.4, -0.2) is 5.11 Å². The largest absolute Gasteiger partial charge is 0.376 e. The van der Waals surface area contributed by atoms with E-state index in [1.54, 1.807) is 19.1 Å². The van der Waals surface area contributed by atoms with Crippen molar-refractivity contribution < 1.29 is 4.39 Å². The molecule has 0 bridgehead atoms. The quantitative estimate of drug-likeness (QED) is 0.795. The van der Waals surface area contributed by atoms with E-state index in [1.807, 2.05) is 6.07 Å². The maximum absolute atomic E-state index is 13.4. The minimum Gasteiger partial charge on any atom is -0.376 e. The Morgan fingerprint density at radius 2 is 2.25 bits per heavy atom. The Labute approximate surface area is 101 Å². The van der Waals surface area contributed by atoms with Crippen molar-refractivity contribution in [1.29, 1.82) is 0 Å². The average Bonchev–Trinajstić information content (AvgIpc) is 2.21. The normalized spacial score (nSPS) is 12.2. The summed E-state index contributed by atoms with van der Waals surface area (Å²) >= 11 is 4.82. The molecule has 1 aromatic rings. The van der Waals surface area contributed by atoms with Crippen LogP contribution in [-0.2, 0) is 0 Å². The van der Waals surface area contributed by atoms with E-state index < -0.39 is 0 Å². The lowest BCUT2D eigenvalue weighted by atomic mass is 10.0. The van der Waals surface area contributed by atoms with E-state index in [0.29, 0.717) is 5.56 Å². The standard InChI is InChI=1S/C12H17FN2S/c1-3-4-11(15-12(14)16)9-6-5-8(2)10(13)7-9/h5-7,11H,3-4H2,1-2H3,(H3,14,15,16). The van der Waals surface area contributed by atoms with Crippen molar-refractivity contribution in [2.24, 2.45) is 5.73 Å². The molecule has 0 aromatic heterocycles. The van der Waals surface area contributed by atoms with Gasteiger partial charge in [-0.15, -0.1) is 0 Å². The van der Waals surface area contributed by atoms with Crippen LogP contribution in [0.25, 0.3) is 0 Å². The van der Waals surface area contributed by atoms with Crippen LogP contribution in [0.1, 0.15) is 36.9 Å². The zero-order valence-electron chi connectivity index (χ0n) is 9.59. The molecule has 0 saturated heterocycles. The molecule has 3 N–H and O–H groups in total. The van der Waals surface area contributed by atoms with Crippen molar-refractivity contribution in [3.8, 4) is 0 Å². The number of benzene rings is 1. The molecule has 0 amide bonds. The maximum atomic E-state index is 13.4. The van der Waals surface area contributed by atoms with Crippen LogP contribution in [0.5, 0.6) is 0 Å². The molecule has 88 valence electrons. The maximum Gasteiger partial charge on any atom is 0.164 e. The van der Waals surface area contributed by atoms with E-state index in [-0.39, 0.29) is 17.0 Å². The number of hydrogen-bond acceptors (Lipinski definition) is 1. The fourth-order valence-electron chi connectivity index (χ4n) is 1.61. The van der Waals surface area contributed by atoms with E-state index in [1.165, 1.54) is 0 Å². The van der Waals surface area contributed by atoms with Crippen LogP contribution in [0.4, 0.5) is 4.39 Å². The van der Waals surface area contributed by atoms with Crippen LogP contribution < -0.4 is 11.1 Å². The number of aryl methyl sites for hydroxylation is 1. The van der Waals surface area contributed by atoms with Gasteiger partial charge in [0.05, 0.1) is 6.04 Å². The second-order valence-corrected chi connectivity index (χ2v) is 4.30. The van der Waals surface area contributed by atoms with Gasteiger partial charge in [0.25, 0.3) is 0 Å². The third-order valence-electron chi connectivity index (χ3n) is 2.49. The van der Waals surface area contributed by atoms with Gasteiger partial charge in [0.1, 0.15) is 5.82 Å². The minimum atomic E-state index is -0.191. The molecule has 0 radical (unpaired) electrons. The zero-order valence-corrected chi connectivity index (χ0v) is 10.4. The smallest absolute Gasteiger partial charge is 0.164 e. The monoisotopic (exact) mass is 240 g/mol. The molecule has 4 heteroatoms. The summed E-state index contributed by atoms with van der Waals surface area (Å²) in [5.74, 6) is -0.191. The Hall–Kier alpha value is -1.16. The van der Waals surface area contributed by atoms with Crippen molar-refractivity contribution in [1.82, 2.24) is 5.32 Å². The predicted molar refractivity (Wildman–Crippen MR) is 68.7 cm³/mol. The highest BCUT2D eigenvalue weighted by Gasteiger charge is 2.12. The topological polar surface area (TPSA) is 38.0 Å². The number of thiocarbonyl (C=S) groups is 1. The van der Waals surface area contributed by atoms with Crippen LogP contribution in [0.2, 0.25) is 0 Å². The van der Waals surface area contributed by atoms with Gasteiger partial charge in [0.2, 0.25) is 0 Å². The number of nitrogens with two attached hydrogens (primary N) is 1. The third kappa shape index (κ3) is 3.45. The molecule has 0 aliphatic heterocycles. The summed E-state index contributed by atoms with van der Waals surface area (Å²) in [5.41, 5.74) is 6.99. The molecule has 1 rings (SSSR count). The second-order valence-electron chi connectivity index (χ2n) is 3.86. The van der Waals surface area contributed by atoms with E-state index in [2.05, 4.69) is 12.2 Å². The molecule has 1 atom stereocenters. The van der Waals surface area contributed by atoms with Crippen LogP contribution in [0, 0.1) is 12.7 Å². The summed E-state index contributed by atoms with van der Waals surface area (Å²) in [6.07, 6.45) is 1.86. The first-order valence-corrected chi connectivity index (χ1v) is 5.77. The lowest BCUT2D eigenvalue weighted by Gasteiger charge is -2.19. The van der Waals surface area contributed by atoms with E-state index in [4.69, 9.17) is 18.0 Å². The summed E-state index contributed by atoms with van der Waals surface area (Å²) in [6.45, 7) is 3.81. The fourth-order valence-corrected chi connectivity index (χ4v) is 1.75. The first kappa shape index (κ1) is 12.9. The van der Waals surface area contributed by atoms with E-state index in [0.717, 1.165) is 18.4 Å². The first-order chi connectivity index (χ1) is 7.54. The molecule has 0 spiro atoms. The van der Waals surface area contributed by atoms with Crippen molar-refractivity contribution in [2.45, 2.75) is 32.7 Å². The summed E-state index contributed by atoms with van der Waals surface area (Å²) in [4.78, 5) is 0. The average molecular weight is 240 g/mol. The lowest BCUT2D eigenvalue weighted by Crippen LogP contribution is -2.32. The zero-order chi connectivity index (χ0) is 12.1.